The second-order valence-corrected chi connectivity index (χ2v) is 12.0. The van der Waals surface area contributed by atoms with E-state index in [9.17, 15) is 0 Å². The quantitative estimate of drug-likeness (QED) is 0.215. The van der Waals surface area contributed by atoms with E-state index in [1.165, 1.54) is 66.8 Å². The molecule has 0 unspecified atom stereocenters. The Kier molecular flexibility index (Phi) is 34.7. The number of hydrogen-bond acceptors (Lipinski definition) is 3. The number of likely N-dealkylation sites (N-methyl/N-ethyl adjacent to an activating group) is 2. The zero-order valence-electron chi connectivity index (χ0n) is 32.0. The molecule has 0 aliphatic heterocycles. The van der Waals surface area contributed by atoms with Crippen molar-refractivity contribution >= 4 is 0 Å². The first-order valence-electron chi connectivity index (χ1n) is 13.8. The van der Waals surface area contributed by atoms with Crippen molar-refractivity contribution in [2.75, 3.05) is 27.3 Å². The van der Waals surface area contributed by atoms with Crippen LogP contribution >= 0.6 is 0 Å². The minimum absolute atomic E-state index is 0. The van der Waals surface area contributed by atoms with Crippen LogP contribution in [0.4, 0.5) is 0 Å². The van der Waals surface area contributed by atoms with Gasteiger partial charge < -0.3 is 43.1 Å². The van der Waals surface area contributed by atoms with Gasteiger partial charge in [-0.1, -0.05) is 13.8 Å². The molecule has 0 aliphatic carbocycles. The maximum absolute atomic E-state index is 8.53. The van der Waals surface area contributed by atoms with Crippen molar-refractivity contribution in [3.8, 4) is 0 Å². The summed E-state index contributed by atoms with van der Waals surface area (Å²) in [5.41, 5.74) is 17.1. The van der Waals surface area contributed by atoms with Crippen LogP contribution < -0.4 is 5.32 Å². The molecule has 4 nitrogen and oxygen atoms in total. The van der Waals surface area contributed by atoms with Crippen LogP contribution in [0.15, 0.2) is 0 Å². The minimum Gasteiger partial charge on any atom is -0.658 e. The van der Waals surface area contributed by atoms with Crippen LogP contribution in [0.5, 0.6) is 0 Å². The summed E-state index contributed by atoms with van der Waals surface area (Å²) in [7, 11) is 3.53. The molecule has 2 aromatic carbocycles. The topological polar surface area (TPSA) is 66.6 Å². The van der Waals surface area contributed by atoms with Gasteiger partial charge in [-0.2, -0.15) is 7.05 Å². The number of hydrogen-bond donors (Lipinski definition) is 3. The van der Waals surface area contributed by atoms with Crippen molar-refractivity contribution < 1.29 is 49.2 Å². The van der Waals surface area contributed by atoms with E-state index in [2.05, 4.69) is 93.7 Å². The van der Waals surface area contributed by atoms with E-state index < -0.39 is 0 Å². The first-order valence-corrected chi connectivity index (χ1v) is 13.8. The van der Waals surface area contributed by atoms with Gasteiger partial charge in [0.2, 0.25) is 0 Å². The predicted octanol–water partition coefficient (Wildman–Crippen LogP) is 9.16. The fourth-order valence-corrected chi connectivity index (χ4v) is 3.52. The molecule has 0 amide bonds. The Bertz CT molecular complexity index is 740. The Morgan fingerprint density at radius 2 is 0.651 bits per heavy atom. The Morgan fingerprint density at radius 3 is 0.674 bits per heavy atom. The normalized spacial score (nSPS) is 9.77. The van der Waals surface area contributed by atoms with E-state index in [0.29, 0.717) is 0 Å². The van der Waals surface area contributed by atoms with E-state index in [-0.39, 0.29) is 85.5 Å². The van der Waals surface area contributed by atoms with Crippen molar-refractivity contribution in [2.45, 2.75) is 122 Å². The van der Waals surface area contributed by atoms with Crippen molar-refractivity contribution in [3.05, 3.63) is 94.4 Å². The van der Waals surface area contributed by atoms with E-state index in [1.807, 2.05) is 34.7 Å². The largest absolute Gasteiger partial charge is 3.00 e. The molecule has 0 aromatic heterocycles. The van der Waals surface area contributed by atoms with Crippen LogP contribution in [0.1, 0.15) is 94.5 Å². The van der Waals surface area contributed by atoms with E-state index in [0.717, 1.165) is 0 Å². The van der Waals surface area contributed by atoms with Gasteiger partial charge in [-0.3, -0.25) is 0 Å². The molecule has 0 bridgehead atoms. The van der Waals surface area contributed by atoms with E-state index >= 15 is 0 Å². The Balaban J connectivity index is -0.0000000797. The zero-order chi connectivity index (χ0) is 30.8. The summed E-state index contributed by atoms with van der Waals surface area (Å²) in [6.45, 7) is 34.5. The summed E-state index contributed by atoms with van der Waals surface area (Å²) in [6.07, 6.45) is 0. The monoisotopic (exact) mass is 778 g/mol. The molecule has 43 heavy (non-hydrogen) atoms. The van der Waals surface area contributed by atoms with Gasteiger partial charge in [0.1, 0.15) is 0 Å². The minimum atomic E-state index is -0.236. The fourth-order valence-electron chi connectivity index (χ4n) is 3.52. The van der Waals surface area contributed by atoms with Gasteiger partial charge in [0.15, 0.2) is 0 Å². The van der Waals surface area contributed by atoms with Crippen LogP contribution in [0.3, 0.4) is 0 Å². The number of aliphatic hydroxyl groups is 2. The van der Waals surface area contributed by atoms with Gasteiger partial charge >= 0.3 is 39.0 Å². The fraction of sp³-hybridized carbons (Fsp3) is 0.595. The molecular weight excluding hydrogens is 707 g/mol. The molecule has 0 heterocycles. The summed E-state index contributed by atoms with van der Waals surface area (Å²) in [6, 6.07) is 0. The average Bonchev–Trinajstić information content (AvgIpc) is 2.91. The molecule has 0 aliphatic rings. The molecule has 0 saturated heterocycles. The molecule has 0 fully saturated rings. The van der Waals surface area contributed by atoms with Crippen LogP contribution in [-0.2, 0) is 39.0 Å². The third kappa shape index (κ3) is 18.3. The third-order valence-corrected chi connectivity index (χ3v) is 8.81. The number of benzene rings is 2. The van der Waals surface area contributed by atoms with Crippen molar-refractivity contribution in [2.24, 2.45) is 0 Å². The number of nitrogens with one attached hydrogen (secondary N) is 1. The predicted molar refractivity (Wildman–Crippen MR) is 190 cm³/mol. The Morgan fingerprint density at radius 1 is 0.488 bits per heavy atom. The van der Waals surface area contributed by atoms with Crippen molar-refractivity contribution in [1.29, 1.82) is 0 Å². The molecule has 2 rings (SSSR count). The van der Waals surface area contributed by atoms with E-state index in [4.69, 9.17) is 10.2 Å². The molecule has 0 saturated carbocycles. The Labute approximate surface area is 296 Å². The number of nitrogens with zero attached hydrogens (tertiary/aromatic N) is 1. The molecule has 2 aromatic rings. The maximum Gasteiger partial charge on any atom is 3.00 e. The molecule has 0 spiro atoms. The van der Waals surface area contributed by atoms with Crippen molar-refractivity contribution in [3.63, 3.8) is 0 Å². The summed E-state index contributed by atoms with van der Waals surface area (Å²) in [5.74, 6) is 0. The van der Waals surface area contributed by atoms with Gasteiger partial charge in [-0.05, 0) is 171 Å². The standard InChI is InChI=1S/2C12H18.C5H13NO.C5H12NO.3CH3.2Ru/c2*1-7-8(2)10(4)12(6)11(5)9(7)3;2*1-5(2,4-7)6-3;;;;;/h2*1-6H3;6-7H,4H2,1-3H3;7H,4H2,1-3H3;3*1H3;;/q;;;4*-1;+2;+3. The van der Waals surface area contributed by atoms with Crippen molar-refractivity contribution in [1.82, 2.24) is 5.32 Å². The van der Waals surface area contributed by atoms with Gasteiger partial charge in [0.05, 0.1) is 6.61 Å². The maximum atomic E-state index is 8.53. The zero-order valence-corrected chi connectivity index (χ0v) is 35.4. The van der Waals surface area contributed by atoms with Gasteiger partial charge in [0.25, 0.3) is 0 Å². The van der Waals surface area contributed by atoms with Crippen LogP contribution in [0, 0.1) is 105 Å². The summed E-state index contributed by atoms with van der Waals surface area (Å²) < 4.78 is 0. The molecule has 3 N–H and O–H groups in total. The van der Waals surface area contributed by atoms with Gasteiger partial charge in [-0.15, -0.1) is 5.54 Å². The molecule has 255 valence electrons. The van der Waals surface area contributed by atoms with E-state index in [1.54, 1.807) is 7.05 Å². The number of rotatable bonds is 4. The van der Waals surface area contributed by atoms with Crippen LogP contribution in [0.2, 0.25) is 0 Å². The molecule has 0 atom stereocenters. The van der Waals surface area contributed by atoms with Gasteiger partial charge in [-0.25, -0.2) is 0 Å². The number of aliphatic hydroxyl groups excluding tert-OH is 2. The van der Waals surface area contributed by atoms with Crippen LogP contribution in [0.25, 0.3) is 5.32 Å². The van der Waals surface area contributed by atoms with Crippen LogP contribution in [-0.4, -0.2) is 48.6 Å². The smallest absolute Gasteiger partial charge is 0.658 e. The first kappa shape index (κ1) is 58.1. The second kappa shape index (κ2) is 25.7. The Hall–Kier alpha value is -0.473. The summed E-state index contributed by atoms with van der Waals surface area (Å²) in [5, 5.41) is 23.9. The summed E-state index contributed by atoms with van der Waals surface area (Å²) in [4.78, 5) is 0. The first-order chi connectivity index (χ1) is 17.2. The van der Waals surface area contributed by atoms with Gasteiger partial charge in [0, 0.05) is 12.1 Å². The second-order valence-electron chi connectivity index (χ2n) is 12.0. The third-order valence-electron chi connectivity index (χ3n) is 8.81. The summed E-state index contributed by atoms with van der Waals surface area (Å²) >= 11 is 0. The average molecular weight is 777 g/mol. The molecule has 1 radical (unpaired) electrons. The molecular formula is C37H70N2O2Ru2+. The molecule has 6 heteroatoms. The SMILES string of the molecule is CNC(C)(C)CO.C[N-]C(C)(C)CO.Cc1c(C)c(C)c(C)c(C)c1C.Cc1c(C)c(C)c(C)c(C)c1C.[CH3-].[CH3-].[CH3-].[Ru+2].[Ru+3].